The highest BCUT2D eigenvalue weighted by Crippen LogP contribution is 2.88. The second-order valence-electron chi connectivity index (χ2n) is 20.2. The van der Waals surface area contributed by atoms with Crippen LogP contribution in [-0.4, -0.2) is 95.1 Å². The predicted molar refractivity (Wildman–Crippen MR) is 219 cm³/mol. The smallest absolute Gasteiger partial charge is 0.289 e. The molecule has 2 heterocycles. The van der Waals surface area contributed by atoms with Crippen molar-refractivity contribution >= 4 is 29.4 Å². The molecule has 2 saturated heterocycles. The van der Waals surface area contributed by atoms with Crippen molar-refractivity contribution in [1.29, 1.82) is 0 Å². The van der Waals surface area contributed by atoms with Crippen LogP contribution < -0.4 is 21.3 Å². The van der Waals surface area contributed by atoms with Gasteiger partial charge in [-0.15, -0.1) is 0 Å². The molecule has 4 aliphatic carbocycles. The number of rotatable bonds is 16. The van der Waals surface area contributed by atoms with Gasteiger partial charge in [-0.1, -0.05) is 93.6 Å². The number of carbonyl (C=O) groups is 5. The number of ketones is 1. The summed E-state index contributed by atoms with van der Waals surface area (Å²) in [5.74, 6) is -1.99. The number of hydrogen-bond donors (Lipinski definition) is 4. The second-order valence-corrected chi connectivity index (χ2v) is 20.2. The van der Waals surface area contributed by atoms with E-state index in [-0.39, 0.29) is 52.0 Å². The molecule has 11 heteroatoms. The molecule has 0 aromatic carbocycles. The van der Waals surface area contributed by atoms with Gasteiger partial charge >= 0.3 is 0 Å². The van der Waals surface area contributed by atoms with Crippen LogP contribution >= 0.6 is 0 Å². The average molecular weight is 779 g/mol. The molecule has 11 nitrogen and oxygen atoms in total. The molecule has 0 aromatic heterocycles. The Labute approximate surface area is 337 Å². The topological polar surface area (TPSA) is 140 Å². The molecule has 2 aliphatic heterocycles. The lowest BCUT2D eigenvalue weighted by Crippen LogP contribution is -2.62. The maximum Gasteiger partial charge on any atom is 0.289 e. The molecule has 6 aliphatic rings. The second kappa shape index (κ2) is 16.7. The van der Waals surface area contributed by atoms with Crippen molar-refractivity contribution in [2.45, 2.75) is 194 Å². The van der Waals surface area contributed by atoms with Gasteiger partial charge in [0, 0.05) is 29.7 Å². The maximum atomic E-state index is 15.2. The summed E-state index contributed by atoms with van der Waals surface area (Å²) in [6.45, 7) is 21.6. The number of nitrogens with one attached hydrogen (secondary N) is 4. The molecule has 6 atom stereocenters. The molecule has 4 saturated carbocycles. The third-order valence-electron chi connectivity index (χ3n) is 15.4. The Kier molecular flexibility index (Phi) is 12.7. The zero-order chi connectivity index (χ0) is 40.6. The Morgan fingerprint density at radius 1 is 0.804 bits per heavy atom. The van der Waals surface area contributed by atoms with E-state index in [1.165, 1.54) is 6.42 Å². The normalized spacial score (nSPS) is 28.8. The number of fused-ring (bicyclic) bond motifs is 1. The fourth-order valence-corrected chi connectivity index (χ4v) is 11.7. The van der Waals surface area contributed by atoms with Crippen molar-refractivity contribution in [1.82, 2.24) is 31.1 Å². The van der Waals surface area contributed by atoms with Gasteiger partial charge in [-0.3, -0.25) is 28.9 Å². The predicted octanol–water partition coefficient (Wildman–Crippen LogP) is 5.76. The quantitative estimate of drug-likeness (QED) is 0.146. The lowest BCUT2D eigenvalue weighted by atomic mass is 9.73. The van der Waals surface area contributed by atoms with E-state index in [2.05, 4.69) is 53.5 Å². The van der Waals surface area contributed by atoms with Crippen LogP contribution in [0.5, 0.6) is 0 Å². The van der Waals surface area contributed by atoms with Crippen LogP contribution in [0.1, 0.15) is 158 Å². The third kappa shape index (κ3) is 8.05. The van der Waals surface area contributed by atoms with Crippen LogP contribution in [0.2, 0.25) is 0 Å². The van der Waals surface area contributed by atoms with Crippen LogP contribution in [0, 0.1) is 27.6 Å². The number of Topliss-reactive ketones (excluding diaryl/α,β-unsaturated/α-hetero) is 1. The lowest BCUT2D eigenvalue weighted by molar-refractivity contribution is -0.145. The summed E-state index contributed by atoms with van der Waals surface area (Å²) in [4.78, 5) is 74.9. The first-order valence-electron chi connectivity index (χ1n) is 22.5. The first-order valence-corrected chi connectivity index (χ1v) is 22.5. The van der Waals surface area contributed by atoms with Crippen molar-refractivity contribution < 1.29 is 24.0 Å². The molecule has 6 fully saturated rings. The zero-order valence-corrected chi connectivity index (χ0v) is 35.8. The number of amides is 4. The van der Waals surface area contributed by atoms with E-state index in [0.29, 0.717) is 25.8 Å². The van der Waals surface area contributed by atoms with Gasteiger partial charge < -0.3 is 26.2 Å². The first kappa shape index (κ1) is 42.7. The van der Waals surface area contributed by atoms with Gasteiger partial charge in [0.25, 0.3) is 5.91 Å². The fourth-order valence-electron chi connectivity index (χ4n) is 11.7. The molecule has 4 N–H and O–H groups in total. The monoisotopic (exact) mass is 779 g/mol. The first-order chi connectivity index (χ1) is 26.5. The minimum absolute atomic E-state index is 0.0292. The minimum atomic E-state index is -0.962. The van der Waals surface area contributed by atoms with Crippen LogP contribution in [0.4, 0.5) is 0 Å². The van der Waals surface area contributed by atoms with E-state index < -0.39 is 41.3 Å². The molecule has 0 radical (unpaired) electrons. The number of carbonyl (C=O) groups excluding carboxylic acids is 5. The average Bonchev–Trinajstić information content (AvgIpc) is 3.97. The molecule has 1 unspecified atom stereocenters. The van der Waals surface area contributed by atoms with Gasteiger partial charge in [0.15, 0.2) is 0 Å². The molecule has 0 bridgehead atoms. The Morgan fingerprint density at radius 3 is 2.05 bits per heavy atom. The summed E-state index contributed by atoms with van der Waals surface area (Å²) in [7, 11) is 0. The third-order valence-corrected chi connectivity index (χ3v) is 15.4. The highest BCUT2D eigenvalue weighted by molar-refractivity contribution is 6.38. The lowest BCUT2D eigenvalue weighted by Gasteiger charge is -2.41. The fraction of sp³-hybridized carbons (Fsp3) is 0.844. The SMILES string of the molecule is C=C(NC(C(=O)N[C@H](C(=O)N1C[C@]2(C[C@H]1C(=O)N[C@@H](CCC)C(=O)C(=O)NC1CC1)C(C)(C)C21CCC1)C(C)(C)C)C1CCCCC1)[C@@H]1CCCCN1CCC. The Bertz CT molecular complexity index is 1500. The molecule has 4 amide bonds. The summed E-state index contributed by atoms with van der Waals surface area (Å²) in [5.41, 5.74) is 0.0103. The summed E-state index contributed by atoms with van der Waals surface area (Å²) in [5, 5.41) is 12.7. The Balaban J connectivity index is 1.25. The van der Waals surface area contributed by atoms with Gasteiger partial charge in [-0.2, -0.15) is 0 Å². The van der Waals surface area contributed by atoms with Crippen molar-refractivity contribution in [2.75, 3.05) is 19.6 Å². The standard InChI is InChI=1S/C45H74N6O5/c1-9-17-32(36(52)40(55)47-31-21-22-31)48-38(53)34-27-45(43(7,8)44(45)23-16-24-44)28-51(34)41(56)37(42(4,5)6)49-39(54)35(30-18-12-11-13-19-30)46-29(3)33-20-14-15-26-50(33)25-10-2/h30-35,37,46H,3,9-28H2,1-2,4-8H3,(H,47,55)(H,48,53)(H,49,54)/t32-,33-,34-,35?,37+,45+/m0/s1. The number of piperidine rings is 1. The number of nitrogens with zero attached hydrogens (tertiary/aromatic N) is 2. The highest BCUT2D eigenvalue weighted by Gasteiger charge is 2.85. The van der Waals surface area contributed by atoms with Crippen molar-refractivity contribution in [3.63, 3.8) is 0 Å². The van der Waals surface area contributed by atoms with Gasteiger partial charge in [0.2, 0.25) is 23.5 Å². The molecule has 2 spiro atoms. The van der Waals surface area contributed by atoms with Crippen molar-refractivity contribution in [3.8, 4) is 0 Å². The van der Waals surface area contributed by atoms with Gasteiger partial charge in [0.05, 0.1) is 6.04 Å². The molecule has 314 valence electrons. The molecule has 0 aromatic rings. The summed E-state index contributed by atoms with van der Waals surface area (Å²) in [6.07, 6.45) is 16.0. The Morgan fingerprint density at radius 2 is 1.48 bits per heavy atom. The van der Waals surface area contributed by atoms with E-state index in [0.717, 1.165) is 102 Å². The molecule has 6 rings (SSSR count). The highest BCUT2D eigenvalue weighted by atomic mass is 16.2. The van der Waals surface area contributed by atoms with Crippen molar-refractivity contribution in [2.24, 2.45) is 27.6 Å². The summed E-state index contributed by atoms with van der Waals surface area (Å²) in [6, 6.07) is -2.98. The molecular weight excluding hydrogens is 705 g/mol. The largest absolute Gasteiger partial charge is 0.376 e. The van der Waals surface area contributed by atoms with Gasteiger partial charge in [-0.25, -0.2) is 0 Å². The van der Waals surface area contributed by atoms with Gasteiger partial charge in [0.1, 0.15) is 18.1 Å². The minimum Gasteiger partial charge on any atom is -0.376 e. The zero-order valence-electron chi connectivity index (χ0n) is 35.8. The van der Waals surface area contributed by atoms with Crippen LogP contribution in [-0.2, 0) is 24.0 Å². The maximum absolute atomic E-state index is 15.2. The van der Waals surface area contributed by atoms with E-state index in [1.54, 1.807) is 4.90 Å². The van der Waals surface area contributed by atoms with Crippen LogP contribution in [0.3, 0.4) is 0 Å². The summed E-state index contributed by atoms with van der Waals surface area (Å²) >= 11 is 0. The summed E-state index contributed by atoms with van der Waals surface area (Å²) < 4.78 is 0. The van der Waals surface area contributed by atoms with Crippen molar-refractivity contribution in [3.05, 3.63) is 12.3 Å². The number of likely N-dealkylation sites (tertiary alicyclic amines) is 2. The molecular formula is C45H74N6O5. The van der Waals surface area contributed by atoms with Gasteiger partial charge in [-0.05, 0) is 106 Å². The van der Waals surface area contributed by atoms with E-state index in [1.807, 2.05) is 27.7 Å². The Hall–Kier alpha value is -2.95. The van der Waals surface area contributed by atoms with E-state index in [9.17, 15) is 19.2 Å². The molecule has 56 heavy (non-hydrogen) atoms. The number of hydrogen-bond acceptors (Lipinski definition) is 7. The van der Waals surface area contributed by atoms with Crippen LogP contribution in [0.25, 0.3) is 0 Å². The van der Waals surface area contributed by atoms with E-state index >= 15 is 4.79 Å². The van der Waals surface area contributed by atoms with Crippen LogP contribution in [0.15, 0.2) is 12.3 Å². The van der Waals surface area contributed by atoms with E-state index in [4.69, 9.17) is 0 Å².